The maximum absolute atomic E-state index is 11.5. The van der Waals surface area contributed by atoms with Crippen LogP contribution in [-0.2, 0) is 14.6 Å². The fourth-order valence-corrected chi connectivity index (χ4v) is 2.32. The van der Waals surface area contributed by atoms with Gasteiger partial charge in [0.15, 0.2) is 9.84 Å². The summed E-state index contributed by atoms with van der Waals surface area (Å²) in [5.74, 6) is -1.67. The average Bonchev–Trinajstić information content (AvgIpc) is 2.22. The molecule has 1 aromatic carbocycles. The number of hydrogen-bond acceptors (Lipinski definition) is 4. The van der Waals surface area contributed by atoms with E-state index >= 15 is 0 Å². The summed E-state index contributed by atoms with van der Waals surface area (Å²) in [6.45, 7) is 5.11. The Kier molecular flexibility index (Phi) is 4.49. The molecule has 0 bridgehead atoms. The maximum atomic E-state index is 11.5. The summed E-state index contributed by atoms with van der Waals surface area (Å²) in [5, 5.41) is 11.9. The molecule has 18 heavy (non-hydrogen) atoms. The lowest BCUT2D eigenvalue weighted by Gasteiger charge is -2.08. The molecule has 2 N–H and O–H groups in total. The van der Waals surface area contributed by atoms with Crippen LogP contribution in [0.15, 0.2) is 30.9 Å². The van der Waals surface area contributed by atoms with Crippen LogP contribution in [-0.4, -0.2) is 30.9 Å². The lowest BCUT2D eigenvalue weighted by Crippen LogP contribution is -2.24. The van der Waals surface area contributed by atoms with Crippen LogP contribution < -0.4 is 5.32 Å². The summed E-state index contributed by atoms with van der Waals surface area (Å²) in [6, 6.07) is 4.68. The highest BCUT2D eigenvalue weighted by molar-refractivity contribution is 7.92. The van der Waals surface area contributed by atoms with Gasteiger partial charge in [-0.05, 0) is 24.6 Å². The predicted molar refractivity (Wildman–Crippen MR) is 70.3 cm³/mol. The summed E-state index contributed by atoms with van der Waals surface area (Å²) < 4.78 is 22.8. The fraction of sp³-hybridized carbons (Fsp3) is 0.250. The van der Waals surface area contributed by atoms with Gasteiger partial charge >= 0.3 is 0 Å². The van der Waals surface area contributed by atoms with E-state index in [0.29, 0.717) is 0 Å². The number of sulfone groups is 1. The lowest BCUT2D eigenvalue weighted by atomic mass is 10.2. The number of rotatable bonds is 5. The molecule has 0 unspecified atom stereocenters. The molecule has 0 saturated heterocycles. The first-order chi connectivity index (χ1) is 8.34. The van der Waals surface area contributed by atoms with Crippen molar-refractivity contribution in [2.45, 2.75) is 6.92 Å². The summed E-state index contributed by atoms with van der Waals surface area (Å²) in [5.41, 5.74) is 1.05. The van der Waals surface area contributed by atoms with Crippen LogP contribution >= 0.6 is 0 Å². The molecule has 1 aromatic rings. The minimum Gasteiger partial charge on any atom is -0.506 e. The third kappa shape index (κ3) is 4.21. The zero-order chi connectivity index (χ0) is 13.8. The van der Waals surface area contributed by atoms with Crippen LogP contribution in [0.4, 0.5) is 5.69 Å². The number of amides is 1. The number of carbonyl (C=O) groups is 1. The van der Waals surface area contributed by atoms with Crippen LogP contribution in [0.5, 0.6) is 5.75 Å². The molecule has 1 amide bonds. The van der Waals surface area contributed by atoms with E-state index < -0.39 is 21.5 Å². The molecule has 6 heteroatoms. The highest BCUT2D eigenvalue weighted by Gasteiger charge is 2.16. The van der Waals surface area contributed by atoms with E-state index in [1.807, 2.05) is 0 Å². The quantitative estimate of drug-likeness (QED) is 0.622. The number of anilines is 1. The number of aromatic hydroxyl groups is 1. The van der Waals surface area contributed by atoms with E-state index in [9.17, 15) is 18.3 Å². The average molecular weight is 269 g/mol. The predicted octanol–water partition coefficient (Wildman–Crippen LogP) is 1.24. The second kappa shape index (κ2) is 5.68. The third-order valence-corrected chi connectivity index (χ3v) is 3.59. The first-order valence-corrected chi connectivity index (χ1v) is 7.07. The number of hydrogen-bond donors (Lipinski definition) is 2. The molecule has 0 fully saturated rings. The minimum absolute atomic E-state index is 0.102. The Labute approximate surface area is 106 Å². The number of aryl methyl sites for hydroxylation is 1. The van der Waals surface area contributed by atoms with E-state index in [1.54, 1.807) is 19.1 Å². The van der Waals surface area contributed by atoms with Crippen LogP contribution in [0.1, 0.15) is 5.56 Å². The Morgan fingerprint density at radius 3 is 2.78 bits per heavy atom. The van der Waals surface area contributed by atoms with Crippen molar-refractivity contribution in [2.75, 3.05) is 16.8 Å². The van der Waals surface area contributed by atoms with Crippen molar-refractivity contribution in [3.63, 3.8) is 0 Å². The number of phenols is 1. The van der Waals surface area contributed by atoms with Crippen molar-refractivity contribution < 1.29 is 18.3 Å². The molecule has 0 aromatic heterocycles. The number of carbonyl (C=O) groups excluding carboxylic acids is 1. The van der Waals surface area contributed by atoms with Gasteiger partial charge in [-0.25, -0.2) is 8.42 Å². The normalized spacial score (nSPS) is 10.9. The molecule has 0 aliphatic carbocycles. The van der Waals surface area contributed by atoms with E-state index in [4.69, 9.17) is 0 Å². The molecule has 0 aliphatic heterocycles. The zero-order valence-electron chi connectivity index (χ0n) is 10.0. The first-order valence-electron chi connectivity index (χ1n) is 5.25. The molecule has 0 saturated carbocycles. The van der Waals surface area contributed by atoms with Gasteiger partial charge in [-0.15, -0.1) is 6.58 Å². The Balaban J connectivity index is 2.76. The number of benzene rings is 1. The standard InChI is InChI=1S/C12H15NO4S/c1-3-6-18(16,17)8-12(15)13-10-7-9(2)4-5-11(10)14/h3-5,7,14H,1,6,8H2,2H3,(H,13,15). The highest BCUT2D eigenvalue weighted by atomic mass is 32.2. The monoisotopic (exact) mass is 269 g/mol. The molecule has 5 nitrogen and oxygen atoms in total. The Hall–Kier alpha value is -1.82. The Morgan fingerprint density at radius 2 is 2.17 bits per heavy atom. The molecular formula is C12H15NO4S. The van der Waals surface area contributed by atoms with Crippen LogP contribution in [0, 0.1) is 6.92 Å². The molecule has 0 atom stereocenters. The molecule has 0 aliphatic rings. The van der Waals surface area contributed by atoms with E-state index in [1.165, 1.54) is 12.1 Å². The van der Waals surface area contributed by atoms with E-state index in [0.717, 1.165) is 5.56 Å². The fourth-order valence-electron chi connectivity index (χ4n) is 1.37. The minimum atomic E-state index is -3.49. The molecule has 0 radical (unpaired) electrons. The molecular weight excluding hydrogens is 254 g/mol. The van der Waals surface area contributed by atoms with Crippen molar-refractivity contribution >= 4 is 21.4 Å². The van der Waals surface area contributed by atoms with Crippen LogP contribution in [0.2, 0.25) is 0 Å². The number of nitrogens with one attached hydrogen (secondary N) is 1. The van der Waals surface area contributed by atoms with Crippen molar-refractivity contribution in [1.82, 2.24) is 0 Å². The molecule has 1 rings (SSSR count). The molecule has 98 valence electrons. The largest absolute Gasteiger partial charge is 0.506 e. The highest BCUT2D eigenvalue weighted by Crippen LogP contribution is 2.23. The summed E-state index contributed by atoms with van der Waals surface area (Å²) >= 11 is 0. The second-order valence-electron chi connectivity index (χ2n) is 3.91. The van der Waals surface area contributed by atoms with Gasteiger partial charge in [-0.2, -0.15) is 0 Å². The summed E-state index contributed by atoms with van der Waals surface area (Å²) in [7, 11) is -3.49. The second-order valence-corrected chi connectivity index (χ2v) is 6.02. The van der Waals surface area contributed by atoms with Gasteiger partial charge in [0.1, 0.15) is 11.5 Å². The smallest absolute Gasteiger partial charge is 0.239 e. The molecule has 0 heterocycles. The van der Waals surface area contributed by atoms with E-state index in [-0.39, 0.29) is 17.2 Å². The number of phenolic OH excluding ortho intramolecular Hbond substituents is 1. The SMILES string of the molecule is C=CCS(=O)(=O)CC(=O)Nc1cc(C)ccc1O. The summed E-state index contributed by atoms with van der Waals surface area (Å²) in [6.07, 6.45) is 1.23. The van der Waals surface area contributed by atoms with Gasteiger partial charge in [0.2, 0.25) is 5.91 Å². The van der Waals surface area contributed by atoms with Crippen LogP contribution in [0.3, 0.4) is 0 Å². The third-order valence-electron chi connectivity index (χ3n) is 2.15. The van der Waals surface area contributed by atoms with Gasteiger partial charge in [0.25, 0.3) is 0 Å². The van der Waals surface area contributed by atoms with Gasteiger partial charge in [0, 0.05) is 0 Å². The van der Waals surface area contributed by atoms with Gasteiger partial charge < -0.3 is 10.4 Å². The van der Waals surface area contributed by atoms with Crippen molar-refractivity contribution in [3.05, 3.63) is 36.4 Å². The lowest BCUT2D eigenvalue weighted by molar-refractivity contribution is -0.113. The van der Waals surface area contributed by atoms with Crippen molar-refractivity contribution in [1.29, 1.82) is 0 Å². The van der Waals surface area contributed by atoms with Gasteiger partial charge in [-0.3, -0.25) is 4.79 Å². The maximum Gasteiger partial charge on any atom is 0.239 e. The first kappa shape index (κ1) is 14.2. The van der Waals surface area contributed by atoms with Gasteiger partial charge in [0.05, 0.1) is 11.4 Å². The Morgan fingerprint density at radius 1 is 1.50 bits per heavy atom. The molecule has 0 spiro atoms. The summed E-state index contributed by atoms with van der Waals surface area (Å²) in [4.78, 5) is 11.5. The van der Waals surface area contributed by atoms with E-state index in [2.05, 4.69) is 11.9 Å². The topological polar surface area (TPSA) is 83.5 Å². The van der Waals surface area contributed by atoms with Crippen LogP contribution in [0.25, 0.3) is 0 Å². The van der Waals surface area contributed by atoms with Gasteiger partial charge in [-0.1, -0.05) is 12.1 Å². The van der Waals surface area contributed by atoms with Crippen molar-refractivity contribution in [3.8, 4) is 5.75 Å². The zero-order valence-corrected chi connectivity index (χ0v) is 10.8. The Bertz CT molecular complexity index is 563. The van der Waals surface area contributed by atoms with Crippen molar-refractivity contribution in [2.24, 2.45) is 0 Å².